The minimum Gasteiger partial charge on any atom is -0.200 e. The molecule has 3 aromatic rings. The number of alkyl halides is 3. The molecule has 28 heavy (non-hydrogen) atoms. The van der Waals surface area contributed by atoms with E-state index < -0.39 is 34.4 Å². The molecule has 0 N–H and O–H groups in total. The van der Waals surface area contributed by atoms with Gasteiger partial charge >= 0.3 is 6.18 Å². The first-order chi connectivity index (χ1) is 13.3. The Hall–Kier alpha value is -2.87. The van der Waals surface area contributed by atoms with Gasteiger partial charge in [-0.2, -0.15) is 31.1 Å². The van der Waals surface area contributed by atoms with E-state index in [0.717, 1.165) is 10.8 Å². The van der Waals surface area contributed by atoms with Crippen LogP contribution in [0.15, 0.2) is 82.8 Å². The molecule has 3 aromatic carbocycles. The van der Waals surface area contributed by atoms with Gasteiger partial charge in [0.15, 0.2) is 0 Å². The van der Waals surface area contributed by atoms with Crippen LogP contribution in [-0.2, 0) is 10.0 Å². The summed E-state index contributed by atoms with van der Waals surface area (Å²) in [6, 6.07) is 18.8. The first kappa shape index (κ1) is 18.5. The van der Waals surface area contributed by atoms with Crippen molar-refractivity contribution < 1.29 is 21.6 Å². The Morgan fingerprint density at radius 3 is 2.21 bits per heavy atom. The Balaban J connectivity index is 1.82. The molecule has 4 nitrogen and oxygen atoms in total. The average Bonchev–Trinajstić information content (AvgIpc) is 3.15. The fourth-order valence-corrected chi connectivity index (χ4v) is 4.70. The minimum atomic E-state index is -4.70. The van der Waals surface area contributed by atoms with Gasteiger partial charge in [0.25, 0.3) is 10.0 Å². The number of nitrogens with zero attached hydrogens (tertiary/aromatic N) is 2. The molecule has 8 heteroatoms. The van der Waals surface area contributed by atoms with Gasteiger partial charge in [-0.3, -0.25) is 0 Å². The van der Waals surface area contributed by atoms with Gasteiger partial charge in [0, 0.05) is 6.42 Å². The quantitative estimate of drug-likeness (QED) is 0.624. The molecule has 0 aliphatic carbocycles. The van der Waals surface area contributed by atoms with Gasteiger partial charge in [0.1, 0.15) is 5.71 Å². The molecule has 0 amide bonds. The third-order valence-corrected chi connectivity index (χ3v) is 6.34. The van der Waals surface area contributed by atoms with Crippen molar-refractivity contribution in [2.75, 3.05) is 0 Å². The largest absolute Gasteiger partial charge is 0.431 e. The lowest BCUT2D eigenvalue weighted by Gasteiger charge is -2.23. The van der Waals surface area contributed by atoms with E-state index in [1.54, 1.807) is 24.3 Å². The Kier molecular flexibility index (Phi) is 4.38. The second kappa shape index (κ2) is 6.63. The fraction of sp³-hybridized carbons (Fsp3) is 0.150. The maximum Gasteiger partial charge on any atom is 0.431 e. The second-order valence-corrected chi connectivity index (χ2v) is 8.26. The van der Waals surface area contributed by atoms with Gasteiger partial charge < -0.3 is 0 Å². The lowest BCUT2D eigenvalue weighted by molar-refractivity contribution is -0.0600. The van der Waals surface area contributed by atoms with Crippen molar-refractivity contribution in [1.82, 2.24) is 4.41 Å². The van der Waals surface area contributed by atoms with Crippen molar-refractivity contribution >= 4 is 26.5 Å². The highest BCUT2D eigenvalue weighted by Crippen LogP contribution is 2.40. The van der Waals surface area contributed by atoms with Crippen LogP contribution in [0.5, 0.6) is 0 Å². The van der Waals surface area contributed by atoms with Crippen molar-refractivity contribution in [1.29, 1.82) is 0 Å². The van der Waals surface area contributed by atoms with Crippen LogP contribution in [0.1, 0.15) is 18.0 Å². The van der Waals surface area contributed by atoms with Crippen LogP contribution in [0.25, 0.3) is 10.8 Å². The Bertz CT molecular complexity index is 1160. The predicted octanol–water partition coefficient (Wildman–Crippen LogP) is 4.89. The summed E-state index contributed by atoms with van der Waals surface area (Å²) in [6.45, 7) is 0. The predicted molar refractivity (Wildman–Crippen MR) is 100 cm³/mol. The molecule has 1 aliphatic rings. The lowest BCUT2D eigenvalue weighted by atomic mass is 9.99. The fourth-order valence-electron chi connectivity index (χ4n) is 3.25. The van der Waals surface area contributed by atoms with Crippen molar-refractivity contribution in [3.05, 3.63) is 78.4 Å². The molecule has 0 radical (unpaired) electrons. The average molecular weight is 404 g/mol. The summed E-state index contributed by atoms with van der Waals surface area (Å²) in [5.74, 6) is 0. The molecule has 1 unspecified atom stereocenters. The molecule has 0 aromatic heterocycles. The summed E-state index contributed by atoms with van der Waals surface area (Å²) >= 11 is 0. The van der Waals surface area contributed by atoms with E-state index in [1.165, 1.54) is 24.3 Å². The summed E-state index contributed by atoms with van der Waals surface area (Å²) in [5, 5.41) is 5.21. The number of sulfonamides is 1. The molecule has 0 fully saturated rings. The van der Waals surface area contributed by atoms with Crippen molar-refractivity contribution in [2.24, 2.45) is 5.10 Å². The van der Waals surface area contributed by atoms with E-state index in [2.05, 4.69) is 5.10 Å². The standard InChI is InChI=1S/C20H15F3N2O2S/c21-20(22,23)19-13-18(16-11-10-14-6-4-5-7-15(14)12-16)25(24-19)28(26,27)17-8-2-1-3-9-17/h1-12,18H,13H2. The minimum absolute atomic E-state index is 0.104. The molecule has 4 rings (SSSR count). The van der Waals surface area contributed by atoms with Gasteiger partial charge in [0.2, 0.25) is 0 Å². The van der Waals surface area contributed by atoms with Crippen LogP contribution in [0.2, 0.25) is 0 Å². The lowest BCUT2D eigenvalue weighted by Crippen LogP contribution is -2.27. The van der Waals surface area contributed by atoms with Gasteiger partial charge in [-0.05, 0) is 34.5 Å². The highest BCUT2D eigenvalue weighted by Gasteiger charge is 2.46. The van der Waals surface area contributed by atoms with Gasteiger partial charge in [-0.25, -0.2) is 0 Å². The monoisotopic (exact) mass is 404 g/mol. The normalized spacial score (nSPS) is 17.8. The topological polar surface area (TPSA) is 49.7 Å². The molecule has 1 aliphatic heterocycles. The summed E-state index contributed by atoms with van der Waals surface area (Å²) in [6.07, 6.45) is -5.23. The van der Waals surface area contributed by atoms with Crippen LogP contribution in [0.4, 0.5) is 13.2 Å². The van der Waals surface area contributed by atoms with E-state index in [1.807, 2.05) is 24.3 Å². The number of fused-ring (bicyclic) bond motifs is 1. The molecule has 1 heterocycles. The van der Waals surface area contributed by atoms with E-state index in [4.69, 9.17) is 0 Å². The highest BCUT2D eigenvalue weighted by atomic mass is 32.2. The van der Waals surface area contributed by atoms with Gasteiger partial charge in [-0.15, -0.1) is 0 Å². The highest BCUT2D eigenvalue weighted by molar-refractivity contribution is 7.89. The number of hydrazone groups is 1. The first-order valence-electron chi connectivity index (χ1n) is 8.50. The SMILES string of the molecule is O=S(=O)(c1ccccc1)N1N=C(C(F)(F)F)CC1c1ccc2ccccc2c1. The molecular formula is C20H15F3N2O2S. The maximum absolute atomic E-state index is 13.3. The van der Waals surface area contributed by atoms with E-state index in [-0.39, 0.29) is 4.90 Å². The van der Waals surface area contributed by atoms with Gasteiger partial charge in [-0.1, -0.05) is 54.6 Å². The van der Waals surface area contributed by atoms with Crippen LogP contribution in [-0.4, -0.2) is 24.7 Å². The molecule has 0 saturated heterocycles. The summed E-state index contributed by atoms with van der Waals surface area (Å²) in [4.78, 5) is -0.104. The molecular weight excluding hydrogens is 389 g/mol. The van der Waals surface area contributed by atoms with Crippen molar-refractivity contribution in [3.8, 4) is 0 Å². The summed E-state index contributed by atoms with van der Waals surface area (Å²) < 4.78 is 66.5. The third kappa shape index (κ3) is 3.24. The Labute approximate surface area is 160 Å². The number of rotatable bonds is 3. The zero-order valence-corrected chi connectivity index (χ0v) is 15.3. The van der Waals surface area contributed by atoms with Crippen molar-refractivity contribution in [3.63, 3.8) is 0 Å². The number of hydrogen-bond acceptors (Lipinski definition) is 3. The van der Waals surface area contributed by atoms with Gasteiger partial charge in [0.05, 0.1) is 10.9 Å². The molecule has 1 atom stereocenters. The third-order valence-electron chi connectivity index (χ3n) is 4.65. The zero-order chi connectivity index (χ0) is 19.9. The summed E-state index contributed by atoms with van der Waals surface area (Å²) in [7, 11) is -4.24. The Morgan fingerprint density at radius 1 is 0.893 bits per heavy atom. The zero-order valence-electron chi connectivity index (χ0n) is 14.5. The number of benzene rings is 3. The summed E-state index contributed by atoms with van der Waals surface area (Å²) in [5.41, 5.74) is -0.647. The smallest absolute Gasteiger partial charge is 0.200 e. The molecule has 0 saturated carbocycles. The Morgan fingerprint density at radius 2 is 1.54 bits per heavy atom. The van der Waals surface area contributed by atoms with Crippen LogP contribution < -0.4 is 0 Å². The first-order valence-corrected chi connectivity index (χ1v) is 9.94. The van der Waals surface area contributed by atoms with E-state index in [0.29, 0.717) is 9.98 Å². The van der Waals surface area contributed by atoms with Crippen molar-refractivity contribution in [2.45, 2.75) is 23.5 Å². The van der Waals surface area contributed by atoms with Crippen LogP contribution in [0, 0.1) is 0 Å². The van der Waals surface area contributed by atoms with Crippen LogP contribution >= 0.6 is 0 Å². The van der Waals surface area contributed by atoms with Crippen LogP contribution in [0.3, 0.4) is 0 Å². The number of hydrogen-bond donors (Lipinski definition) is 0. The molecule has 0 bridgehead atoms. The van der Waals surface area contributed by atoms with E-state index >= 15 is 0 Å². The van der Waals surface area contributed by atoms with E-state index in [9.17, 15) is 21.6 Å². The molecule has 144 valence electrons. The number of halogens is 3. The molecule has 0 spiro atoms. The second-order valence-electron chi connectivity index (χ2n) is 6.46. The maximum atomic E-state index is 13.3.